The average Bonchev–Trinajstić information content (AvgIpc) is 1.84. The summed E-state index contributed by atoms with van der Waals surface area (Å²) in [6, 6.07) is 0. The molecule has 0 aromatic carbocycles. The summed E-state index contributed by atoms with van der Waals surface area (Å²) in [5, 5.41) is 0.449. The van der Waals surface area contributed by atoms with Crippen LogP contribution in [0.5, 0.6) is 0 Å². The summed E-state index contributed by atoms with van der Waals surface area (Å²) >= 11 is 0. The molecular formula is C3H3B6. The minimum absolute atomic E-state index is 0.449. The molecule has 33 valence electrons. The van der Waals surface area contributed by atoms with Crippen LogP contribution in [0, 0.1) is 0 Å². The third-order valence-corrected chi connectivity index (χ3v) is 1.13. The molecule has 0 fully saturated rings. The zero-order valence-corrected chi connectivity index (χ0v) is 5.46. The molecule has 0 amide bonds. The van der Waals surface area contributed by atoms with Crippen molar-refractivity contribution in [3.63, 3.8) is 0 Å². The first kappa shape index (κ1) is 9.13. The van der Waals surface area contributed by atoms with Crippen LogP contribution in [-0.4, -0.2) is 44.7 Å². The average molecular weight is 104 g/mol. The fourth-order valence-corrected chi connectivity index (χ4v) is 0.324. The Hall–Kier alpha value is 0.130. The molecule has 0 atom stereocenters. The molecule has 0 spiro atoms. The van der Waals surface area contributed by atoms with Crippen molar-refractivity contribution in [3.05, 3.63) is 10.8 Å². The van der Waals surface area contributed by atoms with Gasteiger partial charge in [-0.25, -0.2) is 0 Å². The van der Waals surface area contributed by atoms with Crippen LogP contribution < -0.4 is 0 Å². The van der Waals surface area contributed by atoms with Gasteiger partial charge in [0, 0.05) is 23.2 Å². The van der Waals surface area contributed by atoms with Gasteiger partial charge in [0.1, 0.15) is 0 Å². The Balaban J connectivity index is 4.10. The van der Waals surface area contributed by atoms with Crippen molar-refractivity contribution in [1.29, 1.82) is 0 Å². The molecule has 0 saturated carbocycles. The highest BCUT2D eigenvalue weighted by atomic mass is 13.7. The van der Waals surface area contributed by atoms with E-state index in [1.54, 1.807) is 6.92 Å². The van der Waals surface area contributed by atoms with E-state index < -0.39 is 6.49 Å². The first-order valence-corrected chi connectivity index (χ1v) is 2.62. The van der Waals surface area contributed by atoms with Gasteiger partial charge in [-0.05, 0) is 0 Å². The van der Waals surface area contributed by atoms with Crippen LogP contribution in [0.3, 0.4) is 0 Å². The maximum atomic E-state index is 5.36. The Morgan fingerprint density at radius 1 is 1.44 bits per heavy atom. The van der Waals surface area contributed by atoms with Crippen LogP contribution in [0.2, 0.25) is 0 Å². The molecule has 0 aromatic rings. The Kier molecular flexibility index (Phi) is 4.09. The lowest BCUT2D eigenvalue weighted by atomic mass is 9.15. The first-order chi connectivity index (χ1) is 4.09. The highest BCUT2D eigenvalue weighted by Crippen LogP contribution is 1.97. The van der Waals surface area contributed by atoms with Crippen molar-refractivity contribution in [2.45, 2.75) is 6.92 Å². The number of hydrogen-bond acceptors (Lipinski definition) is 0. The van der Waals surface area contributed by atoms with Crippen LogP contribution in [0.1, 0.15) is 6.92 Å². The third-order valence-electron chi connectivity index (χ3n) is 1.13. The summed E-state index contributed by atoms with van der Waals surface area (Å²) in [5.74, 6) is 0. The van der Waals surface area contributed by atoms with Gasteiger partial charge >= 0.3 is 0 Å². The zero-order chi connectivity index (χ0) is 7.44. The second-order valence-corrected chi connectivity index (χ2v) is 1.83. The van der Waals surface area contributed by atoms with E-state index >= 15 is 0 Å². The number of hydrogen-bond donors (Lipinski definition) is 0. The molecule has 0 rings (SSSR count). The van der Waals surface area contributed by atoms with E-state index in [2.05, 4.69) is 0 Å². The molecular weight excluding hydrogens is 101 g/mol. The van der Waals surface area contributed by atoms with Gasteiger partial charge in [0.05, 0.1) is 21.5 Å². The minimum Gasteiger partial charge on any atom is -0.172 e. The topological polar surface area (TPSA) is 0 Å². The van der Waals surface area contributed by atoms with Gasteiger partial charge in [-0.2, -0.15) is 5.37 Å². The van der Waals surface area contributed by atoms with Gasteiger partial charge in [0.15, 0.2) is 0 Å². The summed E-state index contributed by atoms with van der Waals surface area (Å²) < 4.78 is 0. The second kappa shape index (κ2) is 4.03. The monoisotopic (exact) mass is 105 g/mol. The van der Waals surface area contributed by atoms with Gasteiger partial charge in [-0.3, -0.25) is 0 Å². The molecule has 0 unspecified atom stereocenters. The summed E-state index contributed by atoms with van der Waals surface area (Å²) in [4.78, 5) is 0. The van der Waals surface area contributed by atoms with E-state index in [9.17, 15) is 0 Å². The second-order valence-electron chi connectivity index (χ2n) is 1.83. The lowest BCUT2D eigenvalue weighted by Gasteiger charge is -2.07. The quantitative estimate of drug-likeness (QED) is 0.375. The van der Waals surface area contributed by atoms with Crippen LogP contribution in [0.25, 0.3) is 0 Å². The summed E-state index contributed by atoms with van der Waals surface area (Å²) in [5.41, 5.74) is 0.706. The van der Waals surface area contributed by atoms with Crippen molar-refractivity contribution < 1.29 is 0 Å². The maximum Gasteiger partial charge on any atom is 0.0910 e. The lowest BCUT2D eigenvalue weighted by molar-refractivity contribution is 1.67. The maximum absolute atomic E-state index is 5.36. The minimum atomic E-state index is -0.509. The predicted molar refractivity (Wildman–Crippen MR) is 47.2 cm³/mol. The molecule has 6 heteroatoms. The van der Waals surface area contributed by atoms with E-state index in [0.29, 0.717) is 10.8 Å². The Morgan fingerprint density at radius 2 is 1.89 bits per heavy atom. The van der Waals surface area contributed by atoms with Gasteiger partial charge in [-0.1, -0.05) is 6.92 Å². The van der Waals surface area contributed by atoms with Crippen LogP contribution in [-0.2, 0) is 0 Å². The summed E-state index contributed by atoms with van der Waals surface area (Å²) in [6.45, 7) is 1.23. The van der Waals surface area contributed by atoms with Crippen molar-refractivity contribution in [2.24, 2.45) is 0 Å². The number of allylic oxidation sites excluding steroid dienone is 1. The van der Waals surface area contributed by atoms with E-state index in [-0.39, 0.29) is 0 Å². The first-order valence-electron chi connectivity index (χ1n) is 2.62. The van der Waals surface area contributed by atoms with Gasteiger partial charge in [-0.15, -0.1) is 5.47 Å². The molecule has 0 saturated heterocycles. The molecule has 0 aliphatic rings. The SMILES string of the molecule is [B][B]/C([B])=C(/C)B([B])[B]. The Bertz CT molecular complexity index is 115. The van der Waals surface area contributed by atoms with Gasteiger partial charge < -0.3 is 0 Å². The predicted octanol–water partition coefficient (Wildman–Crippen LogP) is -1.46. The van der Waals surface area contributed by atoms with Crippen LogP contribution in [0.15, 0.2) is 10.8 Å². The van der Waals surface area contributed by atoms with Gasteiger partial charge in [0.2, 0.25) is 0 Å². The van der Waals surface area contributed by atoms with E-state index in [1.165, 1.54) is 7.17 Å². The van der Waals surface area contributed by atoms with Crippen molar-refractivity contribution >= 4 is 44.7 Å². The molecule has 0 aromatic heterocycles. The van der Waals surface area contributed by atoms with E-state index in [4.69, 9.17) is 31.1 Å². The molecule has 0 heterocycles. The molecule has 0 aliphatic heterocycles. The largest absolute Gasteiger partial charge is 0.172 e. The van der Waals surface area contributed by atoms with Crippen molar-refractivity contribution in [2.75, 3.05) is 0 Å². The molecule has 9 heavy (non-hydrogen) atoms. The number of rotatable bonds is 2. The zero-order valence-electron chi connectivity index (χ0n) is 5.46. The fraction of sp³-hybridized carbons (Fsp3) is 0.333. The molecule has 9 radical (unpaired) electrons. The van der Waals surface area contributed by atoms with E-state index in [0.717, 1.165) is 0 Å². The van der Waals surface area contributed by atoms with Crippen LogP contribution >= 0.6 is 0 Å². The molecule has 0 N–H and O–H groups in total. The van der Waals surface area contributed by atoms with Crippen molar-refractivity contribution in [3.8, 4) is 0 Å². The smallest absolute Gasteiger partial charge is 0.0910 e. The molecule has 0 aliphatic carbocycles. The van der Waals surface area contributed by atoms with E-state index in [1.807, 2.05) is 0 Å². The van der Waals surface area contributed by atoms with Gasteiger partial charge in [0.25, 0.3) is 0 Å². The highest BCUT2D eigenvalue weighted by molar-refractivity contribution is 7.33. The summed E-state index contributed by atoms with van der Waals surface area (Å²) in [6.07, 6.45) is 0. The molecule has 0 bridgehead atoms. The Labute approximate surface area is 63.1 Å². The fourth-order valence-electron chi connectivity index (χ4n) is 0.324. The normalized spacial score (nSPS) is 12.1. The van der Waals surface area contributed by atoms with Crippen LogP contribution in [0.4, 0.5) is 0 Å². The highest BCUT2D eigenvalue weighted by Gasteiger charge is 2.00. The summed E-state index contributed by atoms with van der Waals surface area (Å²) in [7, 11) is 22.3. The third kappa shape index (κ3) is 2.98. The standard InChI is InChI=1S/C3H3B6/c1-2(9(6)7)3(4)8-5/h1H3/b3-2-. The Morgan fingerprint density at radius 3 is 2.00 bits per heavy atom. The van der Waals surface area contributed by atoms with Crippen molar-refractivity contribution in [1.82, 2.24) is 0 Å². The molecule has 0 nitrogen and oxygen atoms in total. The lowest BCUT2D eigenvalue weighted by Crippen LogP contribution is -2.19.